The fourth-order valence-corrected chi connectivity index (χ4v) is 3.78. The van der Waals surface area contributed by atoms with Crippen molar-refractivity contribution >= 4 is 5.69 Å². The number of hydrogen-bond acceptors (Lipinski definition) is 2. The first-order valence-electron chi connectivity index (χ1n) is 7.87. The highest BCUT2D eigenvalue weighted by molar-refractivity contribution is 5.43. The fourth-order valence-electron chi connectivity index (χ4n) is 3.78. The lowest BCUT2D eigenvalue weighted by molar-refractivity contribution is 0.392. The number of H-pyrrole nitrogens is 1. The largest absolute Gasteiger partial charge is 0.393 e. The average Bonchev–Trinajstić information content (AvgIpc) is 2.93. The van der Waals surface area contributed by atoms with Gasteiger partial charge >= 0.3 is 0 Å². The highest BCUT2D eigenvalue weighted by atomic mass is 16.1. The minimum absolute atomic E-state index is 0.0220. The molecule has 2 aliphatic carbocycles. The van der Waals surface area contributed by atoms with E-state index in [2.05, 4.69) is 5.10 Å². The van der Waals surface area contributed by atoms with E-state index in [0.29, 0.717) is 17.6 Å². The molecule has 0 saturated heterocycles. The topological polar surface area (TPSA) is 63.8 Å². The molecular formula is C15H25N3O. The zero-order chi connectivity index (χ0) is 13.2. The van der Waals surface area contributed by atoms with Gasteiger partial charge in [-0.1, -0.05) is 38.5 Å². The highest BCUT2D eigenvalue weighted by Gasteiger charge is 2.26. The Morgan fingerprint density at radius 3 is 2.16 bits per heavy atom. The first kappa shape index (κ1) is 12.8. The summed E-state index contributed by atoms with van der Waals surface area (Å²) in [6.07, 6.45) is 12.2. The van der Waals surface area contributed by atoms with Gasteiger partial charge in [0.1, 0.15) is 5.69 Å². The number of aromatic nitrogens is 2. The minimum Gasteiger partial charge on any atom is -0.393 e. The molecule has 19 heavy (non-hydrogen) atoms. The predicted molar refractivity (Wildman–Crippen MR) is 77.4 cm³/mol. The zero-order valence-corrected chi connectivity index (χ0v) is 11.7. The molecule has 3 N–H and O–H groups in total. The predicted octanol–water partition coefficient (Wildman–Crippen LogP) is 3.31. The van der Waals surface area contributed by atoms with E-state index in [1.807, 2.05) is 4.68 Å². The lowest BCUT2D eigenvalue weighted by Gasteiger charge is -2.15. The second-order valence-corrected chi connectivity index (χ2v) is 6.24. The van der Waals surface area contributed by atoms with Gasteiger partial charge in [-0.15, -0.1) is 0 Å². The average molecular weight is 263 g/mol. The van der Waals surface area contributed by atoms with Crippen molar-refractivity contribution in [2.45, 2.75) is 76.2 Å². The molecule has 0 atom stereocenters. The van der Waals surface area contributed by atoms with Gasteiger partial charge in [0.05, 0.1) is 11.7 Å². The molecule has 106 valence electrons. The van der Waals surface area contributed by atoms with Crippen LogP contribution in [0.4, 0.5) is 5.69 Å². The van der Waals surface area contributed by atoms with Crippen LogP contribution < -0.4 is 11.3 Å². The molecule has 0 radical (unpaired) electrons. The lowest BCUT2D eigenvalue weighted by atomic mass is 10.0. The molecule has 2 aliphatic rings. The van der Waals surface area contributed by atoms with Gasteiger partial charge in [-0.25, -0.2) is 4.68 Å². The summed E-state index contributed by atoms with van der Waals surface area (Å²) in [5.74, 6) is 0.486. The van der Waals surface area contributed by atoms with Crippen molar-refractivity contribution in [1.29, 1.82) is 0 Å². The number of nitrogen functional groups attached to an aromatic ring is 1. The van der Waals surface area contributed by atoms with Crippen molar-refractivity contribution in [3.63, 3.8) is 0 Å². The Morgan fingerprint density at radius 2 is 1.53 bits per heavy atom. The van der Waals surface area contributed by atoms with Crippen molar-refractivity contribution in [2.24, 2.45) is 0 Å². The molecule has 0 unspecified atom stereocenters. The van der Waals surface area contributed by atoms with Crippen LogP contribution in [0.15, 0.2) is 4.79 Å². The van der Waals surface area contributed by atoms with Crippen LogP contribution >= 0.6 is 0 Å². The quantitative estimate of drug-likeness (QED) is 0.804. The third-order valence-corrected chi connectivity index (χ3v) is 4.93. The Hall–Kier alpha value is -1.19. The molecule has 1 heterocycles. The van der Waals surface area contributed by atoms with Crippen LogP contribution in [-0.4, -0.2) is 9.78 Å². The smallest absolute Gasteiger partial charge is 0.290 e. The molecule has 1 aromatic rings. The molecule has 2 saturated carbocycles. The second kappa shape index (κ2) is 5.43. The molecule has 0 aliphatic heterocycles. The summed E-state index contributed by atoms with van der Waals surface area (Å²) in [5, 5.41) is 3.37. The number of hydrogen-bond donors (Lipinski definition) is 2. The van der Waals surface area contributed by atoms with Gasteiger partial charge in [-0.3, -0.25) is 9.89 Å². The van der Waals surface area contributed by atoms with Crippen LogP contribution in [0.25, 0.3) is 0 Å². The Bertz CT molecular complexity index is 474. The number of nitrogens with two attached hydrogens (primary N) is 1. The number of rotatable bonds is 2. The maximum absolute atomic E-state index is 12.4. The Kier molecular flexibility index (Phi) is 3.67. The van der Waals surface area contributed by atoms with Crippen molar-refractivity contribution < 1.29 is 0 Å². The monoisotopic (exact) mass is 263 g/mol. The maximum atomic E-state index is 12.4. The summed E-state index contributed by atoms with van der Waals surface area (Å²) in [5.41, 5.74) is 7.59. The van der Waals surface area contributed by atoms with Crippen molar-refractivity contribution in [3.8, 4) is 0 Å². The Morgan fingerprint density at radius 1 is 0.947 bits per heavy atom. The summed E-state index contributed by atoms with van der Waals surface area (Å²) in [7, 11) is 0. The molecule has 0 spiro atoms. The van der Waals surface area contributed by atoms with E-state index in [0.717, 1.165) is 18.5 Å². The van der Waals surface area contributed by atoms with Crippen molar-refractivity contribution in [3.05, 3.63) is 16.0 Å². The van der Waals surface area contributed by atoms with Gasteiger partial charge in [-0.2, -0.15) is 0 Å². The second-order valence-electron chi connectivity index (χ2n) is 6.24. The standard InChI is InChI=1S/C15H25N3O/c16-13-14(11-7-5-6-8-11)17-18(15(13)19)12-9-3-1-2-4-10-12/h11-12,17H,1-10,16H2. The van der Waals surface area contributed by atoms with E-state index < -0.39 is 0 Å². The lowest BCUT2D eigenvalue weighted by Crippen LogP contribution is -2.23. The van der Waals surface area contributed by atoms with Crippen LogP contribution in [0.5, 0.6) is 0 Å². The number of nitrogens with one attached hydrogen (secondary N) is 1. The van der Waals surface area contributed by atoms with E-state index in [1.165, 1.54) is 51.4 Å². The van der Waals surface area contributed by atoms with Gasteiger partial charge in [0.2, 0.25) is 0 Å². The molecular weight excluding hydrogens is 238 g/mol. The molecule has 0 aromatic carbocycles. The van der Waals surface area contributed by atoms with Gasteiger partial charge in [0.15, 0.2) is 0 Å². The third-order valence-electron chi connectivity index (χ3n) is 4.93. The van der Waals surface area contributed by atoms with Crippen LogP contribution in [0.2, 0.25) is 0 Å². The minimum atomic E-state index is 0.0220. The van der Waals surface area contributed by atoms with Crippen LogP contribution in [0.3, 0.4) is 0 Å². The van der Waals surface area contributed by atoms with E-state index in [9.17, 15) is 4.79 Å². The SMILES string of the molecule is Nc1c(C2CCCC2)[nH]n(C2CCCCCC2)c1=O. The molecule has 4 heteroatoms. The summed E-state index contributed by atoms with van der Waals surface area (Å²) in [6.45, 7) is 0. The van der Waals surface area contributed by atoms with E-state index in [-0.39, 0.29) is 5.56 Å². The Balaban J connectivity index is 1.88. The summed E-state index contributed by atoms with van der Waals surface area (Å²) in [6, 6.07) is 0.340. The number of aromatic amines is 1. The fraction of sp³-hybridized carbons (Fsp3) is 0.800. The van der Waals surface area contributed by atoms with Crippen LogP contribution in [0.1, 0.15) is 81.9 Å². The van der Waals surface area contributed by atoms with Crippen molar-refractivity contribution in [1.82, 2.24) is 9.78 Å². The molecule has 2 fully saturated rings. The highest BCUT2D eigenvalue weighted by Crippen LogP contribution is 2.35. The Labute approximate surface area is 114 Å². The number of nitrogens with zero attached hydrogens (tertiary/aromatic N) is 1. The summed E-state index contributed by atoms with van der Waals surface area (Å²) in [4.78, 5) is 12.4. The maximum Gasteiger partial charge on any atom is 0.290 e. The number of anilines is 1. The van der Waals surface area contributed by atoms with Gasteiger partial charge in [0, 0.05) is 5.92 Å². The van der Waals surface area contributed by atoms with Crippen molar-refractivity contribution in [2.75, 3.05) is 5.73 Å². The molecule has 4 nitrogen and oxygen atoms in total. The molecule has 3 rings (SSSR count). The molecule has 0 bridgehead atoms. The normalized spacial score (nSPS) is 22.7. The van der Waals surface area contributed by atoms with Gasteiger partial charge in [-0.05, 0) is 25.7 Å². The van der Waals surface area contributed by atoms with Gasteiger partial charge < -0.3 is 5.73 Å². The zero-order valence-electron chi connectivity index (χ0n) is 11.7. The van der Waals surface area contributed by atoms with Crippen LogP contribution in [-0.2, 0) is 0 Å². The van der Waals surface area contributed by atoms with E-state index >= 15 is 0 Å². The van der Waals surface area contributed by atoms with E-state index in [4.69, 9.17) is 5.73 Å². The first-order chi connectivity index (χ1) is 9.27. The third kappa shape index (κ3) is 2.45. The van der Waals surface area contributed by atoms with E-state index in [1.54, 1.807) is 0 Å². The first-order valence-corrected chi connectivity index (χ1v) is 7.87. The molecule has 1 aromatic heterocycles. The van der Waals surface area contributed by atoms with Crippen LogP contribution in [0, 0.1) is 0 Å². The summed E-state index contributed by atoms with van der Waals surface area (Å²) >= 11 is 0. The van der Waals surface area contributed by atoms with Gasteiger partial charge in [0.25, 0.3) is 5.56 Å². The summed E-state index contributed by atoms with van der Waals surface area (Å²) < 4.78 is 1.84. The molecule has 0 amide bonds.